The third kappa shape index (κ3) is 9.97. The zero-order chi connectivity index (χ0) is 12.6. The minimum atomic E-state index is -4.17. The van der Waals surface area contributed by atoms with Crippen LogP contribution in [0, 0.1) is 0 Å². The maximum atomic E-state index is 12.0. The fourth-order valence-electron chi connectivity index (χ4n) is 1.09. The van der Waals surface area contributed by atoms with E-state index in [1.165, 1.54) is 6.92 Å². The number of alkyl halides is 3. The molecule has 0 fully saturated rings. The Labute approximate surface area is 98.7 Å². The molecule has 0 heterocycles. The van der Waals surface area contributed by atoms with Crippen molar-refractivity contribution in [2.45, 2.75) is 32.0 Å². The zero-order valence-corrected chi connectivity index (χ0v) is 10.2. The molecule has 0 aliphatic rings. The van der Waals surface area contributed by atoms with Crippen LogP contribution in [0.25, 0.3) is 0 Å². The quantitative estimate of drug-likeness (QED) is 0.562. The van der Waals surface area contributed by atoms with Crippen molar-refractivity contribution in [3.05, 3.63) is 0 Å². The summed E-state index contributed by atoms with van der Waals surface area (Å²) in [7, 11) is 1.59. The maximum Gasteiger partial charge on any atom is 0.391 e. The molecule has 0 spiro atoms. The van der Waals surface area contributed by atoms with Gasteiger partial charge in [-0.05, 0) is 25.6 Å². The van der Waals surface area contributed by atoms with Crippen molar-refractivity contribution in [1.82, 2.24) is 10.6 Å². The molecule has 0 aromatic heterocycles. The SMILES string of the molecule is COCCCNC(=S)NC(C)CC(F)(F)F. The lowest BCUT2D eigenvalue weighted by molar-refractivity contribution is -0.138. The first-order chi connectivity index (χ1) is 7.35. The third-order valence-corrected chi connectivity index (χ3v) is 1.99. The molecular weight excluding hydrogens is 241 g/mol. The largest absolute Gasteiger partial charge is 0.391 e. The summed E-state index contributed by atoms with van der Waals surface area (Å²) in [6, 6.07) is -0.720. The van der Waals surface area contributed by atoms with Crippen LogP contribution in [-0.4, -0.2) is 37.6 Å². The van der Waals surface area contributed by atoms with Crippen LogP contribution in [0.4, 0.5) is 13.2 Å². The highest BCUT2D eigenvalue weighted by Crippen LogP contribution is 2.21. The topological polar surface area (TPSA) is 33.3 Å². The van der Waals surface area contributed by atoms with Gasteiger partial charge in [0, 0.05) is 26.3 Å². The predicted molar refractivity (Wildman–Crippen MR) is 60.4 cm³/mol. The normalized spacial score (nSPS) is 13.3. The van der Waals surface area contributed by atoms with E-state index in [1.807, 2.05) is 0 Å². The Hall–Kier alpha value is -0.560. The Morgan fingerprint density at radius 3 is 2.56 bits per heavy atom. The predicted octanol–water partition coefficient (Wildman–Crippen LogP) is 1.83. The van der Waals surface area contributed by atoms with Crippen LogP contribution in [0.15, 0.2) is 0 Å². The van der Waals surface area contributed by atoms with Gasteiger partial charge in [-0.3, -0.25) is 0 Å². The molecule has 0 saturated heterocycles. The number of rotatable bonds is 6. The van der Waals surface area contributed by atoms with E-state index in [0.717, 1.165) is 6.42 Å². The zero-order valence-electron chi connectivity index (χ0n) is 9.36. The Morgan fingerprint density at radius 2 is 2.06 bits per heavy atom. The van der Waals surface area contributed by atoms with Crippen LogP contribution < -0.4 is 10.6 Å². The summed E-state index contributed by atoms with van der Waals surface area (Å²) in [6.07, 6.45) is -4.31. The molecule has 0 amide bonds. The van der Waals surface area contributed by atoms with Gasteiger partial charge in [-0.15, -0.1) is 0 Å². The van der Waals surface area contributed by atoms with Crippen LogP contribution >= 0.6 is 12.2 Å². The number of methoxy groups -OCH3 is 1. The standard InChI is InChI=1S/C9H17F3N2OS/c1-7(6-9(10,11)12)14-8(16)13-4-3-5-15-2/h7H,3-6H2,1-2H3,(H2,13,14,16). The first-order valence-electron chi connectivity index (χ1n) is 4.95. The summed E-state index contributed by atoms with van der Waals surface area (Å²) in [5.41, 5.74) is 0. The van der Waals surface area contributed by atoms with E-state index in [9.17, 15) is 13.2 Å². The van der Waals surface area contributed by atoms with Gasteiger partial charge in [0.05, 0.1) is 6.42 Å². The summed E-state index contributed by atoms with van der Waals surface area (Å²) in [5, 5.41) is 5.62. The van der Waals surface area contributed by atoms with Crippen LogP contribution in [0.1, 0.15) is 19.8 Å². The first-order valence-corrected chi connectivity index (χ1v) is 5.36. The first kappa shape index (κ1) is 15.4. The molecule has 16 heavy (non-hydrogen) atoms. The van der Waals surface area contributed by atoms with Crippen molar-refractivity contribution in [2.75, 3.05) is 20.3 Å². The molecule has 0 saturated carbocycles. The lowest BCUT2D eigenvalue weighted by Crippen LogP contribution is -2.42. The second-order valence-corrected chi connectivity index (χ2v) is 3.88. The van der Waals surface area contributed by atoms with E-state index in [4.69, 9.17) is 17.0 Å². The molecule has 0 bridgehead atoms. The molecule has 3 nitrogen and oxygen atoms in total. The molecule has 1 atom stereocenters. The summed E-state index contributed by atoms with van der Waals surface area (Å²) in [5.74, 6) is 0. The van der Waals surface area contributed by atoms with Gasteiger partial charge in [-0.25, -0.2) is 0 Å². The molecular formula is C9H17F3N2OS. The molecule has 0 aliphatic carbocycles. The van der Waals surface area contributed by atoms with Crippen LogP contribution in [0.3, 0.4) is 0 Å². The second kappa shape index (κ2) is 7.67. The van der Waals surface area contributed by atoms with Crippen LogP contribution in [-0.2, 0) is 4.74 Å². The average molecular weight is 258 g/mol. The number of ether oxygens (including phenoxy) is 1. The third-order valence-electron chi connectivity index (χ3n) is 1.73. The van der Waals surface area contributed by atoms with Crippen molar-refractivity contribution in [3.8, 4) is 0 Å². The minimum absolute atomic E-state index is 0.243. The summed E-state index contributed by atoms with van der Waals surface area (Å²) in [6.45, 7) is 2.61. The van der Waals surface area contributed by atoms with Crippen molar-refractivity contribution in [1.29, 1.82) is 0 Å². The monoisotopic (exact) mass is 258 g/mol. The number of thiocarbonyl (C=S) groups is 1. The van der Waals surface area contributed by atoms with Crippen LogP contribution in [0.2, 0.25) is 0 Å². The molecule has 96 valence electrons. The van der Waals surface area contributed by atoms with Crippen molar-refractivity contribution in [2.24, 2.45) is 0 Å². The van der Waals surface area contributed by atoms with Gasteiger partial charge in [-0.2, -0.15) is 13.2 Å². The number of nitrogens with one attached hydrogen (secondary N) is 2. The molecule has 0 aliphatic heterocycles. The molecule has 0 aromatic rings. The van der Waals surface area contributed by atoms with Crippen LogP contribution in [0.5, 0.6) is 0 Å². The van der Waals surface area contributed by atoms with Crippen molar-refractivity contribution < 1.29 is 17.9 Å². The summed E-state index contributed by atoms with van der Waals surface area (Å²) in [4.78, 5) is 0. The van der Waals surface area contributed by atoms with E-state index >= 15 is 0 Å². The Kier molecular flexibility index (Phi) is 7.40. The van der Waals surface area contributed by atoms with Gasteiger partial charge in [-0.1, -0.05) is 0 Å². The molecule has 2 N–H and O–H groups in total. The van der Waals surface area contributed by atoms with E-state index in [2.05, 4.69) is 10.6 Å². The fraction of sp³-hybridized carbons (Fsp3) is 0.889. The highest BCUT2D eigenvalue weighted by molar-refractivity contribution is 7.80. The molecule has 1 unspecified atom stereocenters. The van der Waals surface area contributed by atoms with Gasteiger partial charge in [0.1, 0.15) is 0 Å². The molecule has 7 heteroatoms. The van der Waals surface area contributed by atoms with E-state index in [1.54, 1.807) is 7.11 Å². The number of halogens is 3. The highest BCUT2D eigenvalue weighted by Gasteiger charge is 2.30. The molecule has 0 aromatic carbocycles. The molecule has 0 rings (SSSR count). The lowest BCUT2D eigenvalue weighted by atomic mass is 10.2. The summed E-state index contributed by atoms with van der Waals surface area (Å²) >= 11 is 4.84. The van der Waals surface area contributed by atoms with Gasteiger partial charge >= 0.3 is 6.18 Å². The highest BCUT2D eigenvalue weighted by atomic mass is 32.1. The van der Waals surface area contributed by atoms with Gasteiger partial charge in [0.25, 0.3) is 0 Å². The van der Waals surface area contributed by atoms with Gasteiger partial charge < -0.3 is 15.4 Å². The lowest BCUT2D eigenvalue weighted by Gasteiger charge is -2.18. The Morgan fingerprint density at radius 1 is 1.44 bits per heavy atom. The van der Waals surface area contributed by atoms with E-state index in [-0.39, 0.29) is 5.11 Å². The average Bonchev–Trinajstić information content (AvgIpc) is 2.09. The van der Waals surface area contributed by atoms with E-state index < -0.39 is 18.6 Å². The minimum Gasteiger partial charge on any atom is -0.385 e. The number of hydrogen-bond donors (Lipinski definition) is 2. The Balaban J connectivity index is 3.62. The van der Waals surface area contributed by atoms with Gasteiger partial charge in [0.15, 0.2) is 5.11 Å². The summed E-state index contributed by atoms with van der Waals surface area (Å²) < 4.78 is 40.8. The van der Waals surface area contributed by atoms with E-state index in [0.29, 0.717) is 13.2 Å². The second-order valence-electron chi connectivity index (χ2n) is 3.47. The van der Waals surface area contributed by atoms with Crippen molar-refractivity contribution in [3.63, 3.8) is 0 Å². The molecule has 0 radical (unpaired) electrons. The number of hydrogen-bond acceptors (Lipinski definition) is 2. The Bertz CT molecular complexity index is 211. The maximum absolute atomic E-state index is 12.0. The van der Waals surface area contributed by atoms with Gasteiger partial charge in [0.2, 0.25) is 0 Å². The van der Waals surface area contributed by atoms with Crippen molar-refractivity contribution >= 4 is 17.3 Å². The fourth-order valence-corrected chi connectivity index (χ4v) is 1.39. The smallest absolute Gasteiger partial charge is 0.385 e.